The minimum Gasteiger partial charge on any atom is -0.354 e. The molecule has 2 aromatic carbocycles. The molecule has 0 saturated heterocycles. The molecule has 1 aliphatic rings. The fraction of sp³-hybridized carbons (Fsp3) is 0.348. The normalized spacial score (nSPS) is 15.2. The van der Waals surface area contributed by atoms with Gasteiger partial charge in [0.1, 0.15) is 17.5 Å². The van der Waals surface area contributed by atoms with Crippen molar-refractivity contribution in [3.05, 3.63) is 63.6 Å². The molecule has 0 radical (unpaired) electrons. The summed E-state index contributed by atoms with van der Waals surface area (Å²) in [7, 11) is -4.19. The Hall–Kier alpha value is -2.62. The molecule has 1 aliphatic heterocycles. The van der Waals surface area contributed by atoms with Crippen molar-refractivity contribution in [2.75, 3.05) is 13.1 Å². The zero-order valence-electron chi connectivity index (χ0n) is 18.9. The Morgan fingerprint density at radius 1 is 1.09 bits per heavy atom. The quantitative estimate of drug-likeness (QED) is 0.569. The van der Waals surface area contributed by atoms with Crippen LogP contribution in [0.25, 0.3) is 0 Å². The Bertz CT molecular complexity index is 1230. The van der Waals surface area contributed by atoms with Gasteiger partial charge >= 0.3 is 0 Å². The Labute approximate surface area is 208 Å². The molecule has 11 heteroatoms. The van der Waals surface area contributed by atoms with Crippen LogP contribution < -0.4 is 5.32 Å². The second-order valence-corrected chi connectivity index (χ2v) is 11.1. The van der Waals surface area contributed by atoms with E-state index >= 15 is 0 Å². The summed E-state index contributed by atoms with van der Waals surface area (Å²) >= 11 is 12.2. The zero-order chi connectivity index (χ0) is 25.2. The minimum atomic E-state index is -4.19. The highest BCUT2D eigenvalue weighted by atomic mass is 35.5. The molecule has 2 aromatic rings. The van der Waals surface area contributed by atoms with Gasteiger partial charge in [-0.05, 0) is 42.7 Å². The van der Waals surface area contributed by atoms with Crippen LogP contribution in [0.3, 0.4) is 0 Å². The molecule has 0 spiro atoms. The smallest absolute Gasteiger partial charge is 0.269 e. The van der Waals surface area contributed by atoms with Gasteiger partial charge < -0.3 is 10.2 Å². The van der Waals surface area contributed by atoms with Crippen LogP contribution >= 0.6 is 23.2 Å². The maximum atomic E-state index is 13.4. The number of nitrogens with one attached hydrogen (secondary N) is 1. The molecule has 0 unspecified atom stereocenters. The fourth-order valence-corrected chi connectivity index (χ4v) is 5.46. The third-order valence-electron chi connectivity index (χ3n) is 5.40. The van der Waals surface area contributed by atoms with E-state index in [-0.39, 0.29) is 27.9 Å². The Kier molecular flexibility index (Phi) is 7.90. The zero-order valence-corrected chi connectivity index (χ0v) is 21.2. The van der Waals surface area contributed by atoms with Gasteiger partial charge in [-0.15, -0.1) is 0 Å². The number of hydrogen-bond donors (Lipinski definition) is 1. The molecule has 0 aliphatic carbocycles. The van der Waals surface area contributed by atoms with Gasteiger partial charge in [-0.3, -0.25) is 14.4 Å². The van der Waals surface area contributed by atoms with Crippen LogP contribution in [0.2, 0.25) is 10.0 Å². The van der Waals surface area contributed by atoms with Crippen LogP contribution in [0, 0.1) is 5.92 Å². The first-order valence-electron chi connectivity index (χ1n) is 10.6. The number of amides is 3. The Morgan fingerprint density at radius 2 is 1.76 bits per heavy atom. The predicted octanol–water partition coefficient (Wildman–Crippen LogP) is 3.33. The first-order valence-corrected chi connectivity index (χ1v) is 12.8. The van der Waals surface area contributed by atoms with Crippen molar-refractivity contribution in [2.24, 2.45) is 5.92 Å². The topological polar surface area (TPSA) is 104 Å². The lowest BCUT2D eigenvalue weighted by Crippen LogP contribution is -2.51. The van der Waals surface area contributed by atoms with Crippen molar-refractivity contribution in [3.8, 4) is 0 Å². The van der Waals surface area contributed by atoms with Gasteiger partial charge in [0, 0.05) is 23.1 Å². The van der Waals surface area contributed by atoms with E-state index in [0.29, 0.717) is 21.4 Å². The lowest BCUT2D eigenvalue weighted by atomic mass is 10.1. The van der Waals surface area contributed by atoms with Gasteiger partial charge in [0.25, 0.3) is 15.9 Å². The van der Waals surface area contributed by atoms with E-state index in [2.05, 4.69) is 5.32 Å². The number of halogens is 2. The number of sulfonamides is 1. The number of hydrogen-bond acceptors (Lipinski definition) is 5. The van der Waals surface area contributed by atoms with E-state index in [0.717, 1.165) is 0 Å². The van der Waals surface area contributed by atoms with E-state index in [9.17, 15) is 22.8 Å². The molecule has 1 atom stereocenters. The van der Waals surface area contributed by atoms with Gasteiger partial charge in [0.05, 0.1) is 5.56 Å². The maximum Gasteiger partial charge on any atom is 0.269 e. The van der Waals surface area contributed by atoms with Gasteiger partial charge in [0.2, 0.25) is 11.8 Å². The number of nitrogens with zero attached hydrogens (tertiary/aromatic N) is 2. The fourth-order valence-electron chi connectivity index (χ4n) is 3.47. The Morgan fingerprint density at radius 3 is 2.38 bits per heavy atom. The molecule has 0 fully saturated rings. The molecule has 182 valence electrons. The molecule has 1 N–H and O–H groups in total. The molecule has 0 aromatic heterocycles. The molecular formula is C23H25Cl2N3O5S. The summed E-state index contributed by atoms with van der Waals surface area (Å²) in [5, 5.41) is 3.47. The van der Waals surface area contributed by atoms with Crippen molar-refractivity contribution < 1.29 is 22.8 Å². The third-order valence-corrected chi connectivity index (χ3v) is 7.77. The predicted molar refractivity (Wildman–Crippen MR) is 129 cm³/mol. The molecule has 3 rings (SSSR count). The maximum absolute atomic E-state index is 13.4. The molecule has 3 amide bonds. The van der Waals surface area contributed by atoms with Crippen LogP contribution in [0.4, 0.5) is 0 Å². The van der Waals surface area contributed by atoms with Crippen molar-refractivity contribution >= 4 is 50.9 Å². The molecule has 0 saturated carbocycles. The molecule has 34 heavy (non-hydrogen) atoms. The summed E-state index contributed by atoms with van der Waals surface area (Å²) in [6.45, 7) is 4.97. The summed E-state index contributed by atoms with van der Waals surface area (Å²) in [6, 6.07) is 9.54. The first kappa shape index (κ1) is 26.0. The van der Waals surface area contributed by atoms with Gasteiger partial charge in [-0.2, -0.15) is 0 Å². The van der Waals surface area contributed by atoms with Crippen LogP contribution in [-0.4, -0.2) is 54.5 Å². The summed E-state index contributed by atoms with van der Waals surface area (Å²) in [5.74, 6) is -1.73. The summed E-state index contributed by atoms with van der Waals surface area (Å²) < 4.78 is 26.3. The molecular weight excluding hydrogens is 501 g/mol. The lowest BCUT2D eigenvalue weighted by Gasteiger charge is -2.30. The summed E-state index contributed by atoms with van der Waals surface area (Å²) in [6.07, 6.45) is 0. The van der Waals surface area contributed by atoms with Crippen LogP contribution in [-0.2, 0) is 26.2 Å². The molecule has 1 heterocycles. The Balaban J connectivity index is 1.90. The summed E-state index contributed by atoms with van der Waals surface area (Å²) in [4.78, 5) is 40.0. The number of fused-ring (bicyclic) bond motifs is 1. The van der Waals surface area contributed by atoms with E-state index in [1.165, 1.54) is 36.1 Å². The highest BCUT2D eigenvalue weighted by Gasteiger charge is 2.43. The van der Waals surface area contributed by atoms with Crippen LogP contribution in [0.1, 0.15) is 36.7 Å². The monoisotopic (exact) mass is 525 g/mol. The standard InChI is InChI=1S/C23H25Cl2N3O5S/c1-14(2)11-26-22(30)15(3)27(12-16-8-9-17(24)10-19(16)25)21(29)13-28-23(31)18-6-4-5-7-20(18)34(28,32)33/h4-10,14-15H,11-13H2,1-3H3,(H,26,30)/t15-/m0/s1. The number of rotatable bonds is 8. The van der Waals surface area contributed by atoms with Crippen LogP contribution in [0.15, 0.2) is 47.4 Å². The van der Waals surface area contributed by atoms with Crippen molar-refractivity contribution in [1.29, 1.82) is 0 Å². The van der Waals surface area contributed by atoms with Gasteiger partial charge in [0.15, 0.2) is 0 Å². The number of carbonyl (C=O) groups excluding carboxylic acids is 3. The van der Waals surface area contributed by atoms with E-state index < -0.39 is 40.3 Å². The average molecular weight is 526 g/mol. The largest absolute Gasteiger partial charge is 0.354 e. The van der Waals surface area contributed by atoms with Crippen LogP contribution in [0.5, 0.6) is 0 Å². The van der Waals surface area contributed by atoms with Crippen molar-refractivity contribution in [1.82, 2.24) is 14.5 Å². The second kappa shape index (κ2) is 10.3. The second-order valence-electron chi connectivity index (χ2n) is 8.39. The highest BCUT2D eigenvalue weighted by Crippen LogP contribution is 2.30. The molecule has 8 nitrogen and oxygen atoms in total. The number of benzene rings is 2. The van der Waals surface area contributed by atoms with Crippen molar-refractivity contribution in [3.63, 3.8) is 0 Å². The molecule has 0 bridgehead atoms. The van der Waals surface area contributed by atoms with E-state index in [4.69, 9.17) is 23.2 Å². The van der Waals surface area contributed by atoms with E-state index in [1.807, 2.05) is 13.8 Å². The third kappa shape index (κ3) is 5.37. The first-order chi connectivity index (χ1) is 15.9. The summed E-state index contributed by atoms with van der Waals surface area (Å²) in [5.41, 5.74) is 0.520. The van der Waals surface area contributed by atoms with Gasteiger partial charge in [-0.1, -0.05) is 55.2 Å². The average Bonchev–Trinajstić information content (AvgIpc) is 2.97. The number of carbonyl (C=O) groups is 3. The SMILES string of the molecule is CC(C)CNC(=O)[C@H](C)N(Cc1ccc(Cl)cc1Cl)C(=O)CN1C(=O)c2ccccc2S1(=O)=O. The lowest BCUT2D eigenvalue weighted by molar-refractivity contribution is -0.140. The van der Waals surface area contributed by atoms with E-state index in [1.54, 1.807) is 18.2 Å². The van der Waals surface area contributed by atoms with Crippen molar-refractivity contribution in [2.45, 2.75) is 38.3 Å². The highest BCUT2D eigenvalue weighted by molar-refractivity contribution is 7.90. The minimum absolute atomic E-state index is 0.00493. The van der Waals surface area contributed by atoms with Gasteiger partial charge in [-0.25, -0.2) is 12.7 Å².